The molecule has 0 aliphatic heterocycles. The highest BCUT2D eigenvalue weighted by molar-refractivity contribution is 7.91. The molecule has 0 radical (unpaired) electrons. The van der Waals surface area contributed by atoms with Crippen molar-refractivity contribution in [3.05, 3.63) is 0 Å². The van der Waals surface area contributed by atoms with Crippen molar-refractivity contribution in [1.82, 2.24) is 5.32 Å². The molecule has 0 spiro atoms. The van der Waals surface area contributed by atoms with Gasteiger partial charge in [-0.2, -0.15) is 0 Å². The molecule has 1 rings (SSSR count). The molecule has 1 saturated carbocycles. The maximum atomic E-state index is 11.5. The van der Waals surface area contributed by atoms with Crippen LogP contribution in [-0.2, 0) is 19.4 Å². The van der Waals surface area contributed by atoms with E-state index in [4.69, 9.17) is 5.11 Å². The van der Waals surface area contributed by atoms with Gasteiger partial charge < -0.3 is 10.4 Å². The number of carboxylic acid groups (broad SMARTS) is 1. The first kappa shape index (κ1) is 14.0. The normalized spacial score (nSPS) is 18.9. The summed E-state index contributed by atoms with van der Waals surface area (Å²) < 4.78 is 21.9. The summed E-state index contributed by atoms with van der Waals surface area (Å²) >= 11 is 0. The molecule has 6 nitrogen and oxygen atoms in total. The van der Waals surface area contributed by atoms with Gasteiger partial charge in [-0.25, -0.2) is 8.42 Å². The Hall–Kier alpha value is -1.11. The van der Waals surface area contributed by atoms with Crippen molar-refractivity contribution in [3.63, 3.8) is 0 Å². The smallest absolute Gasteiger partial charge is 0.305 e. The van der Waals surface area contributed by atoms with Crippen LogP contribution in [0.1, 0.15) is 32.1 Å². The molecular formula is C10H17NO5S. The summed E-state index contributed by atoms with van der Waals surface area (Å²) in [5.41, 5.74) is -0.756. The van der Waals surface area contributed by atoms with E-state index < -0.39 is 33.0 Å². The number of rotatable bonds is 5. The van der Waals surface area contributed by atoms with Crippen LogP contribution in [0.2, 0.25) is 0 Å². The van der Waals surface area contributed by atoms with Crippen LogP contribution in [0.15, 0.2) is 0 Å². The fourth-order valence-electron chi connectivity index (χ4n) is 2.26. The second-order valence-corrected chi connectivity index (χ2v) is 6.82. The molecule has 7 heteroatoms. The summed E-state index contributed by atoms with van der Waals surface area (Å²) in [5.74, 6) is -2.18. The predicted molar refractivity (Wildman–Crippen MR) is 61.3 cm³/mol. The number of hydrogen-bond acceptors (Lipinski definition) is 4. The number of nitrogens with one attached hydrogen (secondary N) is 1. The maximum Gasteiger partial charge on any atom is 0.305 e. The van der Waals surface area contributed by atoms with Gasteiger partial charge in [0.15, 0.2) is 9.84 Å². The van der Waals surface area contributed by atoms with E-state index in [0.29, 0.717) is 12.8 Å². The number of carbonyl (C=O) groups is 2. The van der Waals surface area contributed by atoms with Gasteiger partial charge in [0.05, 0.1) is 12.0 Å². The Morgan fingerprint density at radius 1 is 1.29 bits per heavy atom. The van der Waals surface area contributed by atoms with E-state index >= 15 is 0 Å². The van der Waals surface area contributed by atoms with Gasteiger partial charge in [-0.3, -0.25) is 9.59 Å². The summed E-state index contributed by atoms with van der Waals surface area (Å²) in [5, 5.41) is 11.4. The van der Waals surface area contributed by atoms with Gasteiger partial charge in [0.2, 0.25) is 5.91 Å². The lowest BCUT2D eigenvalue weighted by atomic mass is 9.93. The van der Waals surface area contributed by atoms with Gasteiger partial charge >= 0.3 is 5.97 Å². The molecule has 0 unspecified atom stereocenters. The zero-order chi connectivity index (χ0) is 13.1. The van der Waals surface area contributed by atoms with Crippen LogP contribution < -0.4 is 5.32 Å². The van der Waals surface area contributed by atoms with E-state index in [9.17, 15) is 18.0 Å². The fraction of sp³-hybridized carbons (Fsp3) is 0.800. The lowest BCUT2D eigenvalue weighted by Crippen LogP contribution is -2.49. The van der Waals surface area contributed by atoms with E-state index in [-0.39, 0.29) is 6.42 Å². The van der Waals surface area contributed by atoms with Crippen LogP contribution >= 0.6 is 0 Å². The van der Waals surface area contributed by atoms with Crippen molar-refractivity contribution in [2.24, 2.45) is 0 Å². The third kappa shape index (κ3) is 4.72. The predicted octanol–water partition coefficient (Wildman–Crippen LogP) is -0.0653. The quantitative estimate of drug-likeness (QED) is 0.723. The summed E-state index contributed by atoms with van der Waals surface area (Å²) in [4.78, 5) is 22.3. The number of carbonyl (C=O) groups excluding carboxylic acids is 1. The average molecular weight is 263 g/mol. The Morgan fingerprint density at radius 2 is 1.82 bits per heavy atom. The Labute approximate surface area is 100 Å². The van der Waals surface area contributed by atoms with Crippen LogP contribution in [0, 0.1) is 0 Å². The number of hydrogen-bond donors (Lipinski definition) is 2. The Bertz CT molecular complexity index is 408. The summed E-state index contributed by atoms with van der Waals surface area (Å²) in [7, 11) is -3.38. The third-order valence-electron chi connectivity index (χ3n) is 2.85. The summed E-state index contributed by atoms with van der Waals surface area (Å²) in [6, 6.07) is 0. The SMILES string of the molecule is CS(=O)(=O)CC(=O)NC1(CC(=O)O)CCCC1. The van der Waals surface area contributed by atoms with Crippen LogP contribution in [0.4, 0.5) is 0 Å². The highest BCUT2D eigenvalue weighted by Crippen LogP contribution is 2.32. The molecule has 0 atom stereocenters. The lowest BCUT2D eigenvalue weighted by molar-refractivity contribution is -0.139. The molecule has 1 aliphatic carbocycles. The average Bonchev–Trinajstić information content (AvgIpc) is 2.47. The van der Waals surface area contributed by atoms with Gasteiger partial charge in [0, 0.05) is 6.26 Å². The van der Waals surface area contributed by atoms with E-state index in [1.807, 2.05) is 0 Å². The molecule has 2 N–H and O–H groups in total. The number of aliphatic carboxylic acids is 1. The van der Waals surface area contributed by atoms with Gasteiger partial charge in [-0.1, -0.05) is 12.8 Å². The Balaban J connectivity index is 2.67. The zero-order valence-corrected chi connectivity index (χ0v) is 10.5. The minimum Gasteiger partial charge on any atom is -0.481 e. The van der Waals surface area contributed by atoms with E-state index in [2.05, 4.69) is 5.32 Å². The molecule has 1 amide bonds. The standard InChI is InChI=1S/C10H17NO5S/c1-17(15,16)7-8(12)11-10(6-9(13)14)4-2-3-5-10/h2-7H2,1H3,(H,11,12)(H,13,14). The largest absolute Gasteiger partial charge is 0.481 e. The molecule has 0 heterocycles. The first-order valence-corrected chi connectivity index (χ1v) is 7.49. The fourth-order valence-corrected chi connectivity index (χ4v) is 2.81. The number of carboxylic acids is 1. The molecule has 1 fully saturated rings. The first-order chi connectivity index (χ1) is 7.72. The van der Waals surface area contributed by atoms with Crippen LogP contribution in [0.25, 0.3) is 0 Å². The maximum absolute atomic E-state index is 11.5. The minimum atomic E-state index is -3.38. The first-order valence-electron chi connectivity index (χ1n) is 5.43. The topological polar surface area (TPSA) is 101 Å². The monoisotopic (exact) mass is 263 g/mol. The van der Waals surface area contributed by atoms with E-state index in [1.54, 1.807) is 0 Å². The van der Waals surface area contributed by atoms with Crippen LogP contribution in [0.3, 0.4) is 0 Å². The molecule has 0 aromatic heterocycles. The summed E-state index contributed by atoms with van der Waals surface area (Å²) in [6.07, 6.45) is 3.72. The van der Waals surface area contributed by atoms with Gasteiger partial charge in [0.25, 0.3) is 0 Å². The van der Waals surface area contributed by atoms with Gasteiger partial charge in [0.1, 0.15) is 5.75 Å². The molecule has 0 aromatic carbocycles. The molecular weight excluding hydrogens is 246 g/mol. The van der Waals surface area contributed by atoms with Crippen LogP contribution in [-0.4, -0.2) is 42.9 Å². The number of amides is 1. The lowest BCUT2D eigenvalue weighted by Gasteiger charge is -2.28. The summed E-state index contributed by atoms with van der Waals surface area (Å²) in [6.45, 7) is 0. The van der Waals surface area contributed by atoms with Crippen LogP contribution in [0.5, 0.6) is 0 Å². The molecule has 1 aliphatic rings. The van der Waals surface area contributed by atoms with Crippen molar-refractivity contribution >= 4 is 21.7 Å². The van der Waals surface area contributed by atoms with Crippen molar-refractivity contribution in [2.75, 3.05) is 12.0 Å². The van der Waals surface area contributed by atoms with Crippen molar-refractivity contribution in [2.45, 2.75) is 37.6 Å². The highest BCUT2D eigenvalue weighted by atomic mass is 32.2. The van der Waals surface area contributed by atoms with E-state index in [1.165, 1.54) is 0 Å². The van der Waals surface area contributed by atoms with Crippen molar-refractivity contribution in [3.8, 4) is 0 Å². The Morgan fingerprint density at radius 3 is 2.24 bits per heavy atom. The van der Waals surface area contributed by atoms with Crippen molar-refractivity contribution < 1.29 is 23.1 Å². The van der Waals surface area contributed by atoms with Gasteiger partial charge in [-0.15, -0.1) is 0 Å². The zero-order valence-electron chi connectivity index (χ0n) is 9.73. The molecule has 0 bridgehead atoms. The minimum absolute atomic E-state index is 0.150. The van der Waals surface area contributed by atoms with Crippen molar-refractivity contribution in [1.29, 1.82) is 0 Å². The number of sulfone groups is 1. The third-order valence-corrected chi connectivity index (χ3v) is 3.63. The molecule has 98 valence electrons. The molecule has 17 heavy (non-hydrogen) atoms. The van der Waals surface area contributed by atoms with Gasteiger partial charge in [-0.05, 0) is 12.8 Å². The molecule has 0 aromatic rings. The second-order valence-electron chi connectivity index (χ2n) is 4.68. The van der Waals surface area contributed by atoms with E-state index in [0.717, 1.165) is 19.1 Å². The highest BCUT2D eigenvalue weighted by Gasteiger charge is 2.37. The Kier molecular flexibility index (Phi) is 4.13. The molecule has 0 saturated heterocycles. The second kappa shape index (κ2) is 5.03.